The molecular formula is C12H18N2O3. The van der Waals surface area contributed by atoms with Gasteiger partial charge in [-0.25, -0.2) is 0 Å². The third-order valence-corrected chi connectivity index (χ3v) is 2.13. The predicted octanol–water partition coefficient (Wildman–Crippen LogP) is 0.669. The minimum Gasteiger partial charge on any atom is -0.382 e. The molecule has 0 spiro atoms. The van der Waals surface area contributed by atoms with E-state index in [9.17, 15) is 4.79 Å². The van der Waals surface area contributed by atoms with E-state index in [4.69, 9.17) is 9.47 Å². The third-order valence-electron chi connectivity index (χ3n) is 2.13. The van der Waals surface area contributed by atoms with Crippen molar-refractivity contribution in [1.29, 1.82) is 0 Å². The summed E-state index contributed by atoms with van der Waals surface area (Å²) in [6, 6.07) is 3.85. The number of carbonyl (C=O) groups excluding carboxylic acids is 1. The number of aromatic nitrogens is 1. The van der Waals surface area contributed by atoms with E-state index in [0.717, 1.165) is 11.3 Å². The van der Waals surface area contributed by atoms with Gasteiger partial charge in [-0.3, -0.25) is 9.78 Å². The summed E-state index contributed by atoms with van der Waals surface area (Å²) in [5, 5.41) is 2.75. The SMILES string of the molecule is COCCOCC(=O)NCc1ccc(C)nc1. The molecule has 1 N–H and O–H groups in total. The van der Waals surface area contributed by atoms with Gasteiger partial charge in [-0.05, 0) is 18.6 Å². The summed E-state index contributed by atoms with van der Waals surface area (Å²) < 4.78 is 9.89. The minimum atomic E-state index is -0.137. The number of nitrogens with one attached hydrogen (secondary N) is 1. The zero-order valence-electron chi connectivity index (χ0n) is 10.2. The lowest BCUT2D eigenvalue weighted by atomic mass is 10.2. The summed E-state index contributed by atoms with van der Waals surface area (Å²) in [7, 11) is 1.59. The van der Waals surface area contributed by atoms with E-state index < -0.39 is 0 Å². The van der Waals surface area contributed by atoms with Crippen molar-refractivity contribution >= 4 is 5.91 Å². The molecule has 0 aromatic carbocycles. The van der Waals surface area contributed by atoms with Crippen molar-refractivity contribution in [3.8, 4) is 0 Å². The molecule has 0 bridgehead atoms. The Morgan fingerprint density at radius 1 is 1.41 bits per heavy atom. The van der Waals surface area contributed by atoms with E-state index >= 15 is 0 Å². The van der Waals surface area contributed by atoms with Gasteiger partial charge in [0.15, 0.2) is 0 Å². The number of ether oxygens (including phenoxy) is 2. The van der Waals surface area contributed by atoms with E-state index in [0.29, 0.717) is 19.8 Å². The highest BCUT2D eigenvalue weighted by molar-refractivity contribution is 5.77. The number of amides is 1. The van der Waals surface area contributed by atoms with Crippen LogP contribution in [0, 0.1) is 6.92 Å². The number of hydrogen-bond donors (Lipinski definition) is 1. The number of rotatable bonds is 7. The van der Waals surface area contributed by atoms with Crippen LogP contribution in [0.2, 0.25) is 0 Å². The van der Waals surface area contributed by atoms with Gasteiger partial charge >= 0.3 is 0 Å². The Kier molecular flexibility index (Phi) is 6.21. The van der Waals surface area contributed by atoms with Gasteiger partial charge < -0.3 is 14.8 Å². The molecule has 0 aliphatic carbocycles. The van der Waals surface area contributed by atoms with Crippen molar-refractivity contribution in [2.75, 3.05) is 26.9 Å². The van der Waals surface area contributed by atoms with E-state index in [1.807, 2.05) is 19.1 Å². The quantitative estimate of drug-likeness (QED) is 0.709. The summed E-state index contributed by atoms with van der Waals surface area (Å²) in [4.78, 5) is 15.5. The fourth-order valence-corrected chi connectivity index (χ4v) is 1.16. The molecule has 5 heteroatoms. The van der Waals surface area contributed by atoms with Crippen molar-refractivity contribution in [3.63, 3.8) is 0 Å². The molecule has 0 radical (unpaired) electrons. The largest absolute Gasteiger partial charge is 0.382 e. The minimum absolute atomic E-state index is 0.0582. The van der Waals surface area contributed by atoms with Crippen molar-refractivity contribution < 1.29 is 14.3 Å². The highest BCUT2D eigenvalue weighted by Crippen LogP contribution is 1.98. The van der Waals surface area contributed by atoms with Crippen LogP contribution in [0.1, 0.15) is 11.3 Å². The molecule has 0 saturated heterocycles. The van der Waals surface area contributed by atoms with Gasteiger partial charge in [-0.15, -0.1) is 0 Å². The first kappa shape index (κ1) is 13.6. The predicted molar refractivity (Wildman–Crippen MR) is 63.5 cm³/mol. The molecule has 17 heavy (non-hydrogen) atoms. The molecule has 0 aliphatic heterocycles. The number of carbonyl (C=O) groups is 1. The molecule has 1 heterocycles. The zero-order chi connectivity index (χ0) is 12.5. The van der Waals surface area contributed by atoms with Gasteiger partial charge in [0.05, 0.1) is 13.2 Å². The van der Waals surface area contributed by atoms with Gasteiger partial charge in [-0.2, -0.15) is 0 Å². The fraction of sp³-hybridized carbons (Fsp3) is 0.500. The maximum Gasteiger partial charge on any atom is 0.246 e. The van der Waals surface area contributed by atoms with Crippen LogP contribution in [-0.4, -0.2) is 37.8 Å². The third kappa shape index (κ3) is 5.99. The normalized spacial score (nSPS) is 10.2. The molecule has 1 aromatic heterocycles. The Morgan fingerprint density at radius 2 is 2.24 bits per heavy atom. The van der Waals surface area contributed by atoms with Crippen molar-refractivity contribution in [2.24, 2.45) is 0 Å². The molecule has 94 valence electrons. The van der Waals surface area contributed by atoms with Crippen LogP contribution >= 0.6 is 0 Å². The maximum absolute atomic E-state index is 11.3. The standard InChI is InChI=1S/C12H18N2O3/c1-10-3-4-11(7-13-10)8-14-12(15)9-17-6-5-16-2/h3-4,7H,5-6,8-9H2,1-2H3,(H,14,15). The molecular weight excluding hydrogens is 220 g/mol. The van der Waals surface area contributed by atoms with Crippen molar-refractivity contribution in [1.82, 2.24) is 10.3 Å². The number of pyridine rings is 1. The molecule has 0 atom stereocenters. The van der Waals surface area contributed by atoms with Gasteiger partial charge in [0.1, 0.15) is 6.61 Å². The van der Waals surface area contributed by atoms with Gasteiger partial charge in [0.25, 0.3) is 0 Å². The molecule has 5 nitrogen and oxygen atoms in total. The lowest BCUT2D eigenvalue weighted by molar-refractivity contribution is -0.126. The second-order valence-corrected chi connectivity index (χ2v) is 3.63. The van der Waals surface area contributed by atoms with Crippen LogP contribution in [0.3, 0.4) is 0 Å². The van der Waals surface area contributed by atoms with Crippen LogP contribution in [0.4, 0.5) is 0 Å². The van der Waals surface area contributed by atoms with Crippen molar-refractivity contribution in [2.45, 2.75) is 13.5 Å². The molecule has 0 unspecified atom stereocenters. The Bertz CT molecular complexity index is 338. The number of hydrogen-bond acceptors (Lipinski definition) is 4. The molecule has 0 fully saturated rings. The van der Waals surface area contributed by atoms with Crippen LogP contribution < -0.4 is 5.32 Å². The van der Waals surface area contributed by atoms with Crippen LogP contribution in [0.25, 0.3) is 0 Å². The zero-order valence-corrected chi connectivity index (χ0v) is 10.2. The summed E-state index contributed by atoms with van der Waals surface area (Å²) in [6.45, 7) is 3.37. The Balaban J connectivity index is 2.17. The number of methoxy groups -OCH3 is 1. The summed E-state index contributed by atoms with van der Waals surface area (Å²) in [6.07, 6.45) is 1.75. The number of aryl methyl sites for hydroxylation is 1. The van der Waals surface area contributed by atoms with Crippen LogP contribution in [0.15, 0.2) is 18.3 Å². The maximum atomic E-state index is 11.3. The van der Waals surface area contributed by atoms with E-state index in [1.54, 1.807) is 13.3 Å². The first-order valence-corrected chi connectivity index (χ1v) is 5.47. The van der Waals surface area contributed by atoms with E-state index in [-0.39, 0.29) is 12.5 Å². The van der Waals surface area contributed by atoms with Crippen LogP contribution in [-0.2, 0) is 20.8 Å². The first-order chi connectivity index (χ1) is 8.22. The van der Waals surface area contributed by atoms with E-state index in [1.165, 1.54) is 0 Å². The number of nitrogens with zero attached hydrogens (tertiary/aromatic N) is 1. The molecule has 0 saturated carbocycles. The average molecular weight is 238 g/mol. The summed E-state index contributed by atoms with van der Waals surface area (Å²) in [5.41, 5.74) is 1.93. The van der Waals surface area contributed by atoms with Gasteiger partial charge in [0, 0.05) is 25.5 Å². The van der Waals surface area contributed by atoms with Gasteiger partial charge in [-0.1, -0.05) is 6.07 Å². The van der Waals surface area contributed by atoms with E-state index in [2.05, 4.69) is 10.3 Å². The first-order valence-electron chi connectivity index (χ1n) is 5.47. The topological polar surface area (TPSA) is 60.5 Å². The smallest absolute Gasteiger partial charge is 0.246 e. The Hall–Kier alpha value is -1.46. The monoisotopic (exact) mass is 238 g/mol. The van der Waals surface area contributed by atoms with Crippen molar-refractivity contribution in [3.05, 3.63) is 29.6 Å². The lowest BCUT2D eigenvalue weighted by Gasteiger charge is -2.06. The second-order valence-electron chi connectivity index (χ2n) is 3.63. The fourth-order valence-electron chi connectivity index (χ4n) is 1.16. The average Bonchev–Trinajstić information content (AvgIpc) is 2.34. The summed E-state index contributed by atoms with van der Waals surface area (Å²) in [5.74, 6) is -0.137. The lowest BCUT2D eigenvalue weighted by Crippen LogP contribution is -2.27. The second kappa shape index (κ2) is 7.76. The molecule has 0 aliphatic rings. The Labute approximate surface area is 101 Å². The van der Waals surface area contributed by atoms with Gasteiger partial charge in [0.2, 0.25) is 5.91 Å². The summed E-state index contributed by atoms with van der Waals surface area (Å²) >= 11 is 0. The Morgan fingerprint density at radius 3 is 2.88 bits per heavy atom. The molecule has 1 amide bonds. The van der Waals surface area contributed by atoms with Crippen LogP contribution in [0.5, 0.6) is 0 Å². The molecule has 1 rings (SSSR count). The highest BCUT2D eigenvalue weighted by Gasteiger charge is 2.01. The molecule has 1 aromatic rings. The highest BCUT2D eigenvalue weighted by atomic mass is 16.5.